The normalized spacial score (nSPS) is 13.9. The monoisotopic (exact) mass is 506 g/mol. The summed E-state index contributed by atoms with van der Waals surface area (Å²) in [5.41, 5.74) is 3.73. The minimum Gasteiger partial charge on any atom is -0.356 e. The fourth-order valence-corrected chi connectivity index (χ4v) is 3.48. The van der Waals surface area contributed by atoms with Crippen molar-refractivity contribution >= 4 is 35.8 Å². The number of nitrogens with one attached hydrogen (secondary N) is 2. The predicted molar refractivity (Wildman–Crippen MR) is 129 cm³/mol. The highest BCUT2D eigenvalue weighted by molar-refractivity contribution is 14.0. The van der Waals surface area contributed by atoms with E-state index in [0.717, 1.165) is 38.3 Å². The number of aryl methyl sites for hydroxylation is 1. The van der Waals surface area contributed by atoms with Gasteiger partial charge in [-0.15, -0.1) is 24.0 Å². The Kier molecular flexibility index (Phi) is 9.97. The Morgan fingerprint density at radius 2 is 1.79 bits per heavy atom. The molecule has 1 aliphatic rings. The molecule has 29 heavy (non-hydrogen) atoms. The Morgan fingerprint density at radius 3 is 2.52 bits per heavy atom. The summed E-state index contributed by atoms with van der Waals surface area (Å²) in [6.07, 6.45) is 3.78. The van der Waals surface area contributed by atoms with Crippen LogP contribution < -0.4 is 10.6 Å². The smallest absolute Gasteiger partial charge is 0.222 e. The lowest BCUT2D eigenvalue weighted by molar-refractivity contribution is -0.128. The molecule has 2 aromatic carbocycles. The van der Waals surface area contributed by atoms with Crippen molar-refractivity contribution in [1.29, 1.82) is 0 Å². The maximum atomic E-state index is 11.8. The number of aliphatic imine (C=N–C) groups is 1. The molecule has 0 unspecified atom stereocenters. The Bertz CT molecular complexity index is 794. The molecule has 1 heterocycles. The molecule has 3 rings (SSSR count). The third-order valence-electron chi connectivity index (χ3n) is 5.00. The number of likely N-dealkylation sites (tertiary alicyclic amines) is 1. The van der Waals surface area contributed by atoms with Gasteiger partial charge in [-0.25, -0.2) is 0 Å². The fraction of sp³-hybridized carbons (Fsp3) is 0.391. The Balaban J connectivity index is 0.00000300. The third kappa shape index (κ3) is 7.68. The van der Waals surface area contributed by atoms with Gasteiger partial charge in [0.1, 0.15) is 0 Å². The van der Waals surface area contributed by atoms with Crippen LogP contribution in [-0.2, 0) is 24.3 Å². The molecule has 0 atom stereocenters. The molecule has 1 saturated heterocycles. The van der Waals surface area contributed by atoms with E-state index in [1.807, 2.05) is 11.0 Å². The minimum absolute atomic E-state index is 0. The predicted octanol–water partition coefficient (Wildman–Crippen LogP) is 3.72. The first-order valence-electron chi connectivity index (χ1n) is 10.1. The number of hydrogen-bond donors (Lipinski definition) is 2. The van der Waals surface area contributed by atoms with E-state index >= 15 is 0 Å². The number of benzene rings is 2. The minimum atomic E-state index is 0. The SMILES string of the molecule is CN=C(NCCCc1ccccc1)NCc1cccc(CN2CCCC2=O)c1.I. The van der Waals surface area contributed by atoms with Crippen molar-refractivity contribution in [2.75, 3.05) is 20.1 Å². The van der Waals surface area contributed by atoms with Crippen molar-refractivity contribution in [2.45, 2.75) is 38.8 Å². The van der Waals surface area contributed by atoms with Gasteiger partial charge in [0, 0.05) is 39.6 Å². The van der Waals surface area contributed by atoms with Gasteiger partial charge in [-0.1, -0.05) is 54.6 Å². The lowest BCUT2D eigenvalue weighted by Gasteiger charge is -2.16. The van der Waals surface area contributed by atoms with E-state index in [0.29, 0.717) is 19.5 Å². The quantitative estimate of drug-likeness (QED) is 0.249. The summed E-state index contributed by atoms with van der Waals surface area (Å²) in [6, 6.07) is 19.0. The molecule has 0 aliphatic carbocycles. The molecule has 1 fully saturated rings. The van der Waals surface area contributed by atoms with E-state index in [9.17, 15) is 4.79 Å². The van der Waals surface area contributed by atoms with Crippen LogP contribution in [0.4, 0.5) is 0 Å². The number of nitrogens with zero attached hydrogens (tertiary/aromatic N) is 2. The summed E-state index contributed by atoms with van der Waals surface area (Å²) < 4.78 is 0. The first-order valence-corrected chi connectivity index (χ1v) is 10.1. The molecule has 1 aliphatic heterocycles. The lowest BCUT2D eigenvalue weighted by Crippen LogP contribution is -2.37. The molecule has 6 heteroatoms. The number of rotatable bonds is 8. The van der Waals surface area contributed by atoms with Crippen LogP contribution in [0.5, 0.6) is 0 Å². The number of carbonyl (C=O) groups excluding carboxylic acids is 1. The van der Waals surface area contributed by atoms with Crippen LogP contribution in [0.2, 0.25) is 0 Å². The topological polar surface area (TPSA) is 56.7 Å². The Labute approximate surface area is 191 Å². The van der Waals surface area contributed by atoms with Crippen molar-refractivity contribution in [3.8, 4) is 0 Å². The van der Waals surface area contributed by atoms with Crippen molar-refractivity contribution in [3.05, 3.63) is 71.3 Å². The molecule has 2 aromatic rings. The van der Waals surface area contributed by atoms with Crippen molar-refractivity contribution in [1.82, 2.24) is 15.5 Å². The first-order chi connectivity index (χ1) is 13.7. The molecule has 0 radical (unpaired) electrons. The maximum absolute atomic E-state index is 11.8. The molecule has 1 amide bonds. The number of hydrogen-bond acceptors (Lipinski definition) is 2. The second kappa shape index (κ2) is 12.5. The van der Waals surface area contributed by atoms with Crippen LogP contribution in [0.3, 0.4) is 0 Å². The van der Waals surface area contributed by atoms with Gasteiger partial charge in [-0.2, -0.15) is 0 Å². The molecule has 156 valence electrons. The number of halogens is 1. The van der Waals surface area contributed by atoms with Gasteiger partial charge < -0.3 is 15.5 Å². The van der Waals surface area contributed by atoms with Crippen LogP contribution in [0.25, 0.3) is 0 Å². The number of amides is 1. The molecule has 0 aromatic heterocycles. The fourth-order valence-electron chi connectivity index (χ4n) is 3.48. The van der Waals surface area contributed by atoms with Gasteiger partial charge in [0.25, 0.3) is 0 Å². The zero-order chi connectivity index (χ0) is 19.6. The van der Waals surface area contributed by atoms with E-state index in [1.165, 1.54) is 16.7 Å². The van der Waals surface area contributed by atoms with Crippen LogP contribution in [-0.4, -0.2) is 36.9 Å². The summed E-state index contributed by atoms with van der Waals surface area (Å²) in [7, 11) is 1.79. The van der Waals surface area contributed by atoms with E-state index in [1.54, 1.807) is 7.05 Å². The summed E-state index contributed by atoms with van der Waals surface area (Å²) in [4.78, 5) is 18.1. The van der Waals surface area contributed by atoms with Crippen LogP contribution in [0, 0.1) is 0 Å². The van der Waals surface area contributed by atoms with Crippen molar-refractivity contribution in [3.63, 3.8) is 0 Å². The highest BCUT2D eigenvalue weighted by Crippen LogP contribution is 2.15. The van der Waals surface area contributed by atoms with Gasteiger partial charge in [-0.3, -0.25) is 9.79 Å². The Hall–Kier alpha value is -2.09. The lowest BCUT2D eigenvalue weighted by atomic mass is 10.1. The molecule has 0 spiro atoms. The first kappa shape index (κ1) is 23.2. The highest BCUT2D eigenvalue weighted by Gasteiger charge is 2.19. The number of carbonyl (C=O) groups is 1. The molecule has 0 saturated carbocycles. The zero-order valence-corrected chi connectivity index (χ0v) is 19.4. The average Bonchev–Trinajstić information content (AvgIpc) is 3.13. The average molecular weight is 506 g/mol. The van der Waals surface area contributed by atoms with E-state index < -0.39 is 0 Å². The molecule has 0 bridgehead atoms. The number of guanidine groups is 1. The van der Waals surface area contributed by atoms with Crippen LogP contribution in [0.1, 0.15) is 36.0 Å². The molecular formula is C23H31IN4O. The van der Waals surface area contributed by atoms with Gasteiger partial charge in [-0.05, 0) is 36.0 Å². The van der Waals surface area contributed by atoms with E-state index in [2.05, 4.69) is 64.2 Å². The largest absolute Gasteiger partial charge is 0.356 e. The molecule has 5 nitrogen and oxygen atoms in total. The summed E-state index contributed by atoms with van der Waals surface area (Å²) in [5, 5.41) is 6.75. The summed E-state index contributed by atoms with van der Waals surface area (Å²) in [6.45, 7) is 3.17. The van der Waals surface area contributed by atoms with Crippen LogP contribution >= 0.6 is 24.0 Å². The van der Waals surface area contributed by atoms with Crippen molar-refractivity contribution < 1.29 is 4.79 Å². The maximum Gasteiger partial charge on any atom is 0.222 e. The van der Waals surface area contributed by atoms with E-state index in [-0.39, 0.29) is 29.9 Å². The third-order valence-corrected chi connectivity index (χ3v) is 5.00. The van der Waals surface area contributed by atoms with Crippen LogP contribution in [0.15, 0.2) is 59.6 Å². The summed E-state index contributed by atoms with van der Waals surface area (Å²) in [5.74, 6) is 1.08. The van der Waals surface area contributed by atoms with Gasteiger partial charge >= 0.3 is 0 Å². The summed E-state index contributed by atoms with van der Waals surface area (Å²) >= 11 is 0. The standard InChI is InChI=1S/C23H30N4O.HI/c1-24-23(25-14-6-12-19-8-3-2-4-9-19)26-17-20-10-5-11-21(16-20)18-27-15-7-13-22(27)28;/h2-5,8-11,16H,6-7,12-15,17-18H2,1H3,(H2,24,25,26);1H. The van der Waals surface area contributed by atoms with Gasteiger partial charge in [0.15, 0.2) is 5.96 Å². The van der Waals surface area contributed by atoms with Crippen molar-refractivity contribution in [2.24, 2.45) is 4.99 Å². The molecule has 2 N–H and O–H groups in total. The van der Waals surface area contributed by atoms with Gasteiger partial charge in [0.05, 0.1) is 0 Å². The molecular weight excluding hydrogens is 475 g/mol. The van der Waals surface area contributed by atoms with Gasteiger partial charge in [0.2, 0.25) is 5.91 Å². The van der Waals surface area contributed by atoms with E-state index in [4.69, 9.17) is 0 Å². The second-order valence-electron chi connectivity index (χ2n) is 7.18. The second-order valence-corrected chi connectivity index (χ2v) is 7.18. The Morgan fingerprint density at radius 1 is 1.03 bits per heavy atom. The zero-order valence-electron chi connectivity index (χ0n) is 17.1. The highest BCUT2D eigenvalue weighted by atomic mass is 127.